The van der Waals surface area contributed by atoms with Crippen molar-refractivity contribution in [2.45, 2.75) is 65.2 Å². The maximum absolute atomic E-state index is 13.5. The third-order valence-electron chi connectivity index (χ3n) is 9.71. The zero-order valence-corrected chi connectivity index (χ0v) is 20.7. The van der Waals surface area contributed by atoms with Crippen LogP contribution in [0.2, 0.25) is 0 Å². The molecule has 2 bridgehead atoms. The van der Waals surface area contributed by atoms with E-state index in [0.717, 1.165) is 37.7 Å². The standard InChI is InChI=1S/C30H34O5/c1-29(2)14-23-22(29)10-9-18-13-30(23,3)12-11-19(18)24(17-7-5-4-6-8-17)25-27(34)20(15-31)26(33)21(16-32)28(25)35/h4-8,15-16,19,22-24H,9-14H2,1-3H3,(H2-,31,32,33,34,35)/t19?,22-,23+,24+,30+/m1/s1. The maximum atomic E-state index is 13.5. The molecule has 0 spiro atoms. The molecule has 5 heteroatoms. The van der Waals surface area contributed by atoms with E-state index in [4.69, 9.17) is 0 Å². The number of fused-ring (bicyclic) bond motifs is 4. The lowest BCUT2D eigenvalue weighted by Gasteiger charge is -2.57. The highest BCUT2D eigenvalue weighted by Crippen LogP contribution is 2.68. The van der Waals surface area contributed by atoms with Gasteiger partial charge in [0.05, 0.1) is 30.2 Å². The Bertz CT molecular complexity index is 1120. The van der Waals surface area contributed by atoms with Gasteiger partial charge in [0.15, 0.2) is 12.6 Å². The van der Waals surface area contributed by atoms with Crippen LogP contribution in [0.5, 0.6) is 17.2 Å². The van der Waals surface area contributed by atoms with Gasteiger partial charge in [0.25, 0.3) is 0 Å². The van der Waals surface area contributed by atoms with Crippen LogP contribution in [0.15, 0.2) is 30.3 Å². The molecule has 2 aromatic rings. The molecule has 2 aromatic carbocycles. The van der Waals surface area contributed by atoms with Crippen molar-refractivity contribution < 1.29 is 24.9 Å². The first-order valence-corrected chi connectivity index (χ1v) is 12.7. The van der Waals surface area contributed by atoms with Gasteiger partial charge in [-0.05, 0) is 54.1 Å². The van der Waals surface area contributed by atoms with E-state index in [1.165, 1.54) is 12.3 Å². The highest BCUT2D eigenvalue weighted by Gasteiger charge is 2.62. The minimum atomic E-state index is -0.745. The Morgan fingerprint density at radius 2 is 1.69 bits per heavy atom. The molecule has 184 valence electrons. The summed E-state index contributed by atoms with van der Waals surface area (Å²) in [7, 11) is 0. The third kappa shape index (κ3) is 3.54. The average molecular weight is 475 g/mol. The summed E-state index contributed by atoms with van der Waals surface area (Å²) >= 11 is 0. The summed E-state index contributed by atoms with van der Waals surface area (Å²) in [6.07, 6.45) is 6.89. The number of hydrogen-bond acceptors (Lipinski definition) is 5. The molecular weight excluding hydrogens is 440 g/mol. The quantitative estimate of drug-likeness (QED) is 0.424. The van der Waals surface area contributed by atoms with Crippen LogP contribution < -0.4 is 5.11 Å². The molecule has 35 heavy (non-hydrogen) atoms. The minimum absolute atomic E-state index is 0.00762. The number of phenols is 2. The summed E-state index contributed by atoms with van der Waals surface area (Å²) in [4.78, 5) is 23.5. The van der Waals surface area contributed by atoms with Gasteiger partial charge < -0.3 is 15.3 Å². The number of phenolic OH excluding ortho intramolecular Hbond substituents is 2. The number of carbonyl (C=O) groups is 2. The Balaban J connectivity index is 1.64. The molecule has 0 radical (unpaired) electrons. The van der Waals surface area contributed by atoms with Crippen LogP contribution in [0.25, 0.3) is 0 Å². The van der Waals surface area contributed by atoms with Gasteiger partial charge in [0.2, 0.25) is 0 Å². The van der Waals surface area contributed by atoms with Gasteiger partial charge in [-0.15, -0.1) is 0 Å². The smallest absolute Gasteiger partial charge is 0.157 e. The SMILES string of the molecule is CC1(C)C[C@H]2[C@H]1CC[C+]1C[C@]2(C)CCC1[C@H](c1ccccc1)c1c([O-])c(C=O)c(O)c(C=O)c1O. The number of hydrogen-bond donors (Lipinski definition) is 2. The van der Waals surface area contributed by atoms with Crippen molar-refractivity contribution in [2.75, 3.05) is 0 Å². The molecule has 0 saturated heterocycles. The Kier molecular flexibility index (Phi) is 5.65. The van der Waals surface area contributed by atoms with Gasteiger partial charge in [0.1, 0.15) is 17.4 Å². The minimum Gasteiger partial charge on any atom is -0.872 e. The van der Waals surface area contributed by atoms with E-state index < -0.39 is 34.3 Å². The van der Waals surface area contributed by atoms with E-state index in [9.17, 15) is 24.9 Å². The lowest BCUT2D eigenvalue weighted by atomic mass is 9.46. The van der Waals surface area contributed by atoms with Crippen molar-refractivity contribution in [1.29, 1.82) is 0 Å². The first-order valence-electron chi connectivity index (χ1n) is 12.7. The van der Waals surface area contributed by atoms with Gasteiger partial charge >= 0.3 is 0 Å². The fraction of sp³-hybridized carbons (Fsp3) is 0.500. The normalized spacial score (nSPS) is 29.9. The molecule has 2 N–H and O–H groups in total. The lowest BCUT2D eigenvalue weighted by Crippen LogP contribution is -2.51. The largest absolute Gasteiger partial charge is 0.872 e. The zero-order chi connectivity index (χ0) is 25.1. The molecule has 5 nitrogen and oxygen atoms in total. The molecule has 3 aliphatic carbocycles. The van der Waals surface area contributed by atoms with Crippen LogP contribution in [-0.2, 0) is 0 Å². The summed E-state index contributed by atoms with van der Waals surface area (Å²) in [5.41, 5.74) is 0.652. The second kappa shape index (κ2) is 8.32. The second-order valence-corrected chi connectivity index (χ2v) is 12.0. The zero-order valence-electron chi connectivity index (χ0n) is 20.7. The topological polar surface area (TPSA) is 97.7 Å². The summed E-state index contributed by atoms with van der Waals surface area (Å²) in [5, 5.41) is 34.9. The molecule has 0 amide bonds. The Morgan fingerprint density at radius 1 is 1.00 bits per heavy atom. The van der Waals surface area contributed by atoms with Crippen LogP contribution in [0.3, 0.4) is 0 Å². The van der Waals surface area contributed by atoms with Crippen molar-refractivity contribution in [2.24, 2.45) is 28.6 Å². The van der Waals surface area contributed by atoms with Crippen LogP contribution in [-0.4, -0.2) is 22.8 Å². The molecule has 5 rings (SSSR count). The number of aldehydes is 2. The van der Waals surface area contributed by atoms with Crippen LogP contribution in [0.1, 0.15) is 97.1 Å². The Hall–Kier alpha value is -2.95. The first-order chi connectivity index (χ1) is 16.6. The third-order valence-corrected chi connectivity index (χ3v) is 9.71. The van der Waals surface area contributed by atoms with Crippen molar-refractivity contribution in [3.8, 4) is 17.2 Å². The molecule has 0 aliphatic heterocycles. The number of rotatable bonds is 5. The van der Waals surface area contributed by atoms with E-state index >= 15 is 0 Å². The molecular formula is C30H34O5. The van der Waals surface area contributed by atoms with Gasteiger partial charge in [0, 0.05) is 11.0 Å². The van der Waals surface area contributed by atoms with Gasteiger partial charge in [-0.1, -0.05) is 56.9 Å². The highest BCUT2D eigenvalue weighted by molar-refractivity contribution is 5.95. The predicted octanol–water partition coefficient (Wildman–Crippen LogP) is 5.77. The summed E-state index contributed by atoms with van der Waals surface area (Å²) in [5.74, 6) is 0.392. The summed E-state index contributed by atoms with van der Waals surface area (Å²) in [6, 6.07) is 9.59. The van der Waals surface area contributed by atoms with Crippen molar-refractivity contribution in [3.63, 3.8) is 0 Å². The predicted molar refractivity (Wildman–Crippen MR) is 132 cm³/mol. The van der Waals surface area contributed by atoms with Crippen LogP contribution in [0, 0.1) is 34.5 Å². The van der Waals surface area contributed by atoms with E-state index in [0.29, 0.717) is 23.5 Å². The average Bonchev–Trinajstić information content (AvgIpc) is 2.91. The fourth-order valence-corrected chi connectivity index (χ4v) is 7.86. The second-order valence-electron chi connectivity index (χ2n) is 12.0. The fourth-order valence-electron chi connectivity index (χ4n) is 7.86. The van der Waals surface area contributed by atoms with E-state index in [2.05, 4.69) is 20.8 Å². The van der Waals surface area contributed by atoms with E-state index in [-0.39, 0.29) is 23.2 Å². The molecule has 5 atom stereocenters. The lowest BCUT2D eigenvalue weighted by molar-refractivity contribution is -0.270. The summed E-state index contributed by atoms with van der Waals surface area (Å²) in [6.45, 7) is 7.18. The van der Waals surface area contributed by atoms with Gasteiger partial charge in [-0.25, -0.2) is 0 Å². The Morgan fingerprint density at radius 3 is 2.31 bits per heavy atom. The molecule has 3 aliphatic rings. The Labute approximate surface area is 207 Å². The summed E-state index contributed by atoms with van der Waals surface area (Å²) < 4.78 is 0. The van der Waals surface area contributed by atoms with Crippen molar-refractivity contribution >= 4 is 12.6 Å². The molecule has 1 unspecified atom stereocenters. The molecule has 3 fully saturated rings. The molecule has 0 heterocycles. The highest BCUT2D eigenvalue weighted by atomic mass is 16.3. The van der Waals surface area contributed by atoms with E-state index in [1.54, 1.807) is 0 Å². The maximum Gasteiger partial charge on any atom is 0.157 e. The van der Waals surface area contributed by atoms with Crippen LogP contribution >= 0.6 is 0 Å². The molecule has 3 saturated carbocycles. The number of benzene rings is 2. The number of aromatic hydroxyl groups is 2. The van der Waals surface area contributed by atoms with Crippen molar-refractivity contribution in [3.05, 3.63) is 58.5 Å². The van der Waals surface area contributed by atoms with Gasteiger partial charge in [-0.3, -0.25) is 9.59 Å². The van der Waals surface area contributed by atoms with Crippen LogP contribution in [0.4, 0.5) is 0 Å². The van der Waals surface area contributed by atoms with E-state index in [1.807, 2.05) is 30.3 Å². The first kappa shape index (κ1) is 23.8. The molecule has 0 aromatic heterocycles. The monoisotopic (exact) mass is 474 g/mol. The number of carbonyl (C=O) groups excluding carboxylic acids is 2. The van der Waals surface area contributed by atoms with Gasteiger partial charge in [-0.2, -0.15) is 0 Å². The van der Waals surface area contributed by atoms with Crippen molar-refractivity contribution in [1.82, 2.24) is 0 Å².